The Balaban J connectivity index is 1.22. The fraction of sp³-hybridized carbons (Fsp3) is 0.350. The van der Waals surface area contributed by atoms with E-state index in [1.54, 1.807) is 24.3 Å². The number of benzene rings is 3. The van der Waals surface area contributed by atoms with E-state index in [0.29, 0.717) is 61.0 Å². The molecule has 0 bridgehead atoms. The summed E-state index contributed by atoms with van der Waals surface area (Å²) in [5.41, 5.74) is 12.4. The van der Waals surface area contributed by atoms with Crippen LogP contribution in [-0.4, -0.2) is 59.0 Å². The van der Waals surface area contributed by atoms with Crippen molar-refractivity contribution in [3.05, 3.63) is 83.4 Å². The van der Waals surface area contributed by atoms with Gasteiger partial charge in [0.25, 0.3) is 5.91 Å². The smallest absolute Gasteiger partial charge is 0.328 e. The van der Waals surface area contributed by atoms with Crippen LogP contribution in [0.4, 0.5) is 11.4 Å². The zero-order chi connectivity index (χ0) is 36.4. The monoisotopic (exact) mass is 703 g/mol. The third-order valence-electron chi connectivity index (χ3n) is 10.9. The van der Waals surface area contributed by atoms with E-state index >= 15 is 0 Å². The maximum absolute atomic E-state index is 14.0. The number of hydrogen-bond acceptors (Lipinski definition) is 8. The largest absolute Gasteiger partial charge is 0.478 e. The number of rotatable bonds is 11. The van der Waals surface area contributed by atoms with E-state index < -0.39 is 17.7 Å². The zero-order valence-corrected chi connectivity index (χ0v) is 29.1. The molecular formula is C40H45N7O5. The number of aliphatic carboxylic acids is 1. The molecule has 270 valence electrons. The Kier molecular flexibility index (Phi) is 9.85. The third kappa shape index (κ3) is 6.79. The van der Waals surface area contributed by atoms with Crippen LogP contribution in [0, 0.1) is 0 Å². The van der Waals surface area contributed by atoms with Gasteiger partial charge >= 0.3 is 5.97 Å². The molecule has 2 saturated carbocycles. The number of hydrogen-bond donors (Lipinski definition) is 5. The van der Waals surface area contributed by atoms with E-state index in [9.17, 15) is 14.4 Å². The van der Waals surface area contributed by atoms with Crippen LogP contribution in [0.1, 0.15) is 78.8 Å². The van der Waals surface area contributed by atoms with Crippen molar-refractivity contribution in [1.29, 1.82) is 0 Å². The minimum atomic E-state index is -1.03. The molecule has 1 atom stereocenters. The van der Waals surface area contributed by atoms with Gasteiger partial charge in [-0.2, -0.15) is 5.90 Å². The Hall–Kier alpha value is -5.46. The van der Waals surface area contributed by atoms with Crippen LogP contribution in [-0.2, 0) is 16.1 Å². The summed E-state index contributed by atoms with van der Waals surface area (Å²) >= 11 is 0. The van der Waals surface area contributed by atoms with Crippen molar-refractivity contribution in [2.75, 3.05) is 23.3 Å². The number of aromatic nitrogens is 1. The number of nitrogens with two attached hydrogens (primary N) is 2. The molecule has 12 nitrogen and oxygen atoms in total. The van der Waals surface area contributed by atoms with Gasteiger partial charge in [0, 0.05) is 52.9 Å². The van der Waals surface area contributed by atoms with Crippen molar-refractivity contribution < 1.29 is 24.3 Å². The van der Waals surface area contributed by atoms with Gasteiger partial charge in [-0.15, -0.1) is 0 Å². The second kappa shape index (κ2) is 14.6. The number of anilines is 2. The molecule has 3 aromatic carbocycles. The second-order valence-electron chi connectivity index (χ2n) is 14.1. The molecule has 7 rings (SSSR count). The number of carbonyl (C=O) groups excluding carboxylic acids is 2. The number of fused-ring (bicyclic) bond motifs is 5. The maximum Gasteiger partial charge on any atom is 0.328 e. The van der Waals surface area contributed by atoms with Gasteiger partial charge in [-0.3, -0.25) is 14.6 Å². The summed E-state index contributed by atoms with van der Waals surface area (Å²) in [5, 5.41) is 16.1. The Bertz CT molecular complexity index is 2040. The molecule has 4 aromatic rings. The van der Waals surface area contributed by atoms with Crippen molar-refractivity contribution in [3.8, 4) is 17.0 Å². The lowest BCUT2D eigenvalue weighted by atomic mass is 9.75. The summed E-state index contributed by atoms with van der Waals surface area (Å²) in [6.45, 7) is 5.42. The first-order chi connectivity index (χ1) is 25.2. The van der Waals surface area contributed by atoms with Gasteiger partial charge in [-0.1, -0.05) is 37.5 Å². The van der Waals surface area contributed by atoms with Gasteiger partial charge in [0.05, 0.1) is 17.9 Å². The van der Waals surface area contributed by atoms with Gasteiger partial charge in [0.1, 0.15) is 17.5 Å². The number of amides is 2. The molecule has 7 N–H and O–H groups in total. The molecule has 2 amide bonds. The fourth-order valence-electron chi connectivity index (χ4n) is 8.03. The zero-order valence-electron chi connectivity index (χ0n) is 29.1. The highest BCUT2D eigenvalue weighted by molar-refractivity contribution is 6.06. The molecule has 1 unspecified atom stereocenters. The van der Waals surface area contributed by atoms with Crippen molar-refractivity contribution >= 4 is 52.9 Å². The minimum Gasteiger partial charge on any atom is -0.478 e. The van der Waals surface area contributed by atoms with Crippen LogP contribution in [0.3, 0.4) is 0 Å². The molecule has 52 heavy (non-hydrogen) atoms. The summed E-state index contributed by atoms with van der Waals surface area (Å²) in [6.07, 6.45) is 9.72. The lowest BCUT2D eigenvalue weighted by Gasteiger charge is -2.40. The van der Waals surface area contributed by atoms with Crippen LogP contribution in [0.2, 0.25) is 0 Å². The average Bonchev–Trinajstić information content (AvgIpc) is 3.38. The Morgan fingerprint density at radius 1 is 1.02 bits per heavy atom. The Morgan fingerprint density at radius 2 is 1.79 bits per heavy atom. The fourth-order valence-corrected chi connectivity index (χ4v) is 8.03. The molecular weight excluding hydrogens is 658 g/mol. The quantitative estimate of drug-likeness (QED) is 0.0739. The summed E-state index contributed by atoms with van der Waals surface area (Å²) in [6, 6.07) is 18.7. The first-order valence-corrected chi connectivity index (χ1v) is 18.0. The van der Waals surface area contributed by atoms with Crippen molar-refractivity contribution in [2.45, 2.75) is 75.5 Å². The topological polar surface area (TPSA) is 177 Å². The average molecular weight is 704 g/mol. The molecule has 2 aliphatic carbocycles. The Labute approximate surface area is 302 Å². The van der Waals surface area contributed by atoms with Gasteiger partial charge in [0.2, 0.25) is 5.91 Å². The van der Waals surface area contributed by atoms with E-state index in [0.717, 1.165) is 53.2 Å². The molecule has 2 heterocycles. The molecule has 1 aliphatic heterocycles. The lowest BCUT2D eigenvalue weighted by molar-refractivity contribution is -0.131. The number of carbonyl (C=O) groups is 3. The predicted molar refractivity (Wildman–Crippen MR) is 204 cm³/mol. The lowest BCUT2D eigenvalue weighted by Crippen LogP contribution is -2.61. The molecule has 3 aliphatic rings. The normalized spacial score (nSPS) is 17.4. The highest BCUT2D eigenvalue weighted by Crippen LogP contribution is 2.48. The van der Waals surface area contributed by atoms with Crippen molar-refractivity contribution in [2.24, 2.45) is 16.6 Å². The van der Waals surface area contributed by atoms with Crippen LogP contribution >= 0.6 is 0 Å². The van der Waals surface area contributed by atoms with Crippen LogP contribution in [0.5, 0.6) is 5.75 Å². The van der Waals surface area contributed by atoms with Gasteiger partial charge in [-0.05, 0) is 98.3 Å². The summed E-state index contributed by atoms with van der Waals surface area (Å²) < 4.78 is 2.34. The molecule has 0 saturated heterocycles. The van der Waals surface area contributed by atoms with Gasteiger partial charge < -0.3 is 35.8 Å². The predicted octanol–water partition coefficient (Wildman–Crippen LogP) is 5.80. The Morgan fingerprint density at radius 3 is 2.46 bits per heavy atom. The number of aliphatic imine (C=N–C) groups is 1. The maximum atomic E-state index is 14.0. The molecule has 12 heteroatoms. The van der Waals surface area contributed by atoms with E-state index in [1.807, 2.05) is 24.3 Å². The summed E-state index contributed by atoms with van der Waals surface area (Å²) in [7, 11) is 0. The molecule has 2 fully saturated rings. The van der Waals surface area contributed by atoms with E-state index in [1.165, 1.54) is 30.9 Å². The highest BCUT2D eigenvalue weighted by Gasteiger charge is 2.45. The molecule has 0 spiro atoms. The van der Waals surface area contributed by atoms with E-state index in [2.05, 4.69) is 43.9 Å². The molecule has 0 radical (unpaired) electrons. The summed E-state index contributed by atoms with van der Waals surface area (Å²) in [4.78, 5) is 49.9. The van der Waals surface area contributed by atoms with Gasteiger partial charge in [-0.25, -0.2) is 4.79 Å². The SMILES string of the molecule is C=NC(N)CN1CCn2c(c(C3CCCCC3)c3ccc(C(=O)NC4(C(=O)Nc5ccc(/C=C/C(=O)O)cc5)CCC4)cc32)-c2ccc(ON)cc21. The summed E-state index contributed by atoms with van der Waals surface area (Å²) in [5.74, 6) is 4.93. The van der Waals surface area contributed by atoms with Crippen LogP contribution < -0.4 is 32.0 Å². The third-order valence-corrected chi connectivity index (χ3v) is 10.9. The number of carboxylic acids is 1. The van der Waals surface area contributed by atoms with Crippen molar-refractivity contribution in [3.63, 3.8) is 0 Å². The highest BCUT2D eigenvalue weighted by atomic mass is 16.6. The van der Waals surface area contributed by atoms with Crippen molar-refractivity contribution in [1.82, 2.24) is 9.88 Å². The van der Waals surface area contributed by atoms with E-state index in [4.69, 9.17) is 21.6 Å². The number of nitrogens with zero attached hydrogens (tertiary/aromatic N) is 3. The van der Waals surface area contributed by atoms with Gasteiger partial charge in [0.15, 0.2) is 0 Å². The second-order valence-corrected chi connectivity index (χ2v) is 14.1. The number of nitrogens with one attached hydrogen (secondary N) is 2. The van der Waals surface area contributed by atoms with Crippen LogP contribution in [0.25, 0.3) is 28.2 Å². The first kappa shape index (κ1) is 35.0. The minimum absolute atomic E-state index is 0.275. The standard InChI is InChI=1S/C40H45N7O5/c1-43-34(41)24-46-20-21-47-33-22-27(38(50)45-40(18-5-19-40)39(51)44-28-12-8-25(9-13-28)10-17-35(48)49)11-15-30(33)36(26-6-3-2-4-7-26)37(47)31-16-14-29(52-42)23-32(31)46/h8-17,22-23,26,34H,1-7,18-21,24,41-42H2,(H,44,51)(H,45,50)(H,48,49)/b17-10+. The van der Waals surface area contributed by atoms with Crippen LogP contribution in [0.15, 0.2) is 71.7 Å². The van der Waals surface area contributed by atoms with E-state index in [-0.39, 0.29) is 11.8 Å². The molecule has 1 aromatic heterocycles. The number of carboxylic acid groups (broad SMARTS) is 1. The first-order valence-electron chi connectivity index (χ1n) is 18.0.